The standard InChI is InChI=1S/C25H26N4O3S.C2HF3O2/c1-16(2)28-10-12-29(13-11-28)25(30)18-6-9-22-20(14-18)23(27-32-22)21-15-33-24(26-21)17-4-7-19(31-3)8-5-17;3-2(4,5)1(6)7/h4-9,14-16H,10-13H2,1-3H3;(H,6,7). The zero-order valence-electron chi connectivity index (χ0n) is 21.9. The van der Waals surface area contributed by atoms with Gasteiger partial charge >= 0.3 is 12.1 Å². The van der Waals surface area contributed by atoms with Gasteiger partial charge in [0, 0.05) is 48.7 Å². The molecule has 0 aliphatic carbocycles. The van der Waals surface area contributed by atoms with Crippen molar-refractivity contribution in [1.82, 2.24) is 19.9 Å². The van der Waals surface area contributed by atoms with Crippen molar-refractivity contribution in [2.24, 2.45) is 0 Å². The molecular weight excluding hydrogens is 549 g/mol. The van der Waals surface area contributed by atoms with E-state index in [-0.39, 0.29) is 5.91 Å². The van der Waals surface area contributed by atoms with Crippen molar-refractivity contribution in [1.29, 1.82) is 0 Å². The molecule has 1 saturated heterocycles. The predicted octanol–water partition coefficient (Wildman–Crippen LogP) is 5.43. The minimum absolute atomic E-state index is 0.0460. The second-order valence-electron chi connectivity index (χ2n) is 9.23. The van der Waals surface area contributed by atoms with Gasteiger partial charge in [-0.15, -0.1) is 11.3 Å². The van der Waals surface area contributed by atoms with E-state index in [4.69, 9.17) is 24.1 Å². The Morgan fingerprint density at radius 2 is 1.73 bits per heavy atom. The Morgan fingerprint density at radius 3 is 2.30 bits per heavy atom. The lowest BCUT2D eigenvalue weighted by molar-refractivity contribution is -0.192. The van der Waals surface area contributed by atoms with Gasteiger partial charge in [-0.25, -0.2) is 9.78 Å². The number of aromatic nitrogens is 2. The lowest BCUT2D eigenvalue weighted by atomic mass is 10.1. The monoisotopic (exact) mass is 576 g/mol. The summed E-state index contributed by atoms with van der Waals surface area (Å²) in [6.45, 7) is 7.66. The number of hydrogen-bond acceptors (Lipinski definition) is 8. The Labute approximate surface area is 231 Å². The fraction of sp³-hybridized carbons (Fsp3) is 0.333. The number of ether oxygens (including phenoxy) is 1. The molecule has 1 aliphatic rings. The molecule has 0 atom stereocenters. The summed E-state index contributed by atoms with van der Waals surface area (Å²) in [4.78, 5) is 31.2. The minimum atomic E-state index is -5.08. The fourth-order valence-corrected chi connectivity index (χ4v) is 4.94. The molecule has 5 rings (SSSR count). The number of piperazine rings is 1. The molecule has 4 aromatic rings. The Balaban J connectivity index is 0.000000470. The number of carbonyl (C=O) groups excluding carboxylic acids is 1. The first-order valence-corrected chi connectivity index (χ1v) is 13.2. The van der Waals surface area contributed by atoms with Crippen molar-refractivity contribution in [2.45, 2.75) is 26.1 Å². The normalized spacial score (nSPS) is 14.2. The van der Waals surface area contributed by atoms with E-state index in [2.05, 4.69) is 23.9 Å². The highest BCUT2D eigenvalue weighted by molar-refractivity contribution is 7.13. The number of rotatable bonds is 5. The van der Waals surface area contributed by atoms with Gasteiger partial charge in [0.25, 0.3) is 5.91 Å². The minimum Gasteiger partial charge on any atom is -0.497 e. The number of halogens is 3. The molecular formula is C27H27F3N4O5S. The van der Waals surface area contributed by atoms with Crippen LogP contribution < -0.4 is 4.74 Å². The number of methoxy groups -OCH3 is 1. The average Bonchev–Trinajstić information content (AvgIpc) is 3.59. The Hall–Kier alpha value is -3.97. The second kappa shape index (κ2) is 12.0. The van der Waals surface area contributed by atoms with Gasteiger partial charge in [0.1, 0.15) is 22.1 Å². The SMILES string of the molecule is COc1ccc(-c2nc(-c3noc4ccc(C(=O)N5CCN(C(C)C)CC5)cc34)cs2)cc1.O=C(O)C(F)(F)F. The number of benzene rings is 2. The lowest BCUT2D eigenvalue weighted by Crippen LogP contribution is -2.50. The summed E-state index contributed by atoms with van der Waals surface area (Å²) in [6, 6.07) is 13.8. The van der Waals surface area contributed by atoms with Crippen molar-refractivity contribution in [2.75, 3.05) is 33.3 Å². The first-order chi connectivity index (χ1) is 19.0. The zero-order chi connectivity index (χ0) is 29.0. The number of carbonyl (C=O) groups is 2. The lowest BCUT2D eigenvalue weighted by Gasteiger charge is -2.36. The van der Waals surface area contributed by atoms with Crippen LogP contribution >= 0.6 is 11.3 Å². The molecule has 0 radical (unpaired) electrons. The number of alkyl halides is 3. The van der Waals surface area contributed by atoms with E-state index in [1.807, 2.05) is 52.7 Å². The highest BCUT2D eigenvalue weighted by Crippen LogP contribution is 2.33. The van der Waals surface area contributed by atoms with E-state index in [1.54, 1.807) is 18.4 Å². The van der Waals surface area contributed by atoms with Crippen LogP contribution in [0.3, 0.4) is 0 Å². The third-order valence-corrected chi connectivity index (χ3v) is 7.27. The average molecular weight is 577 g/mol. The summed E-state index contributed by atoms with van der Waals surface area (Å²) in [5.74, 6) is -1.90. The summed E-state index contributed by atoms with van der Waals surface area (Å²) in [5.41, 5.74) is 3.69. The van der Waals surface area contributed by atoms with Gasteiger partial charge in [-0.1, -0.05) is 5.16 Å². The zero-order valence-corrected chi connectivity index (χ0v) is 22.8. The van der Waals surface area contributed by atoms with Gasteiger partial charge < -0.3 is 19.3 Å². The topological polar surface area (TPSA) is 109 Å². The number of aliphatic carboxylic acids is 1. The van der Waals surface area contributed by atoms with E-state index in [0.717, 1.165) is 53.6 Å². The molecule has 0 unspecified atom stereocenters. The van der Waals surface area contributed by atoms with Crippen LogP contribution in [0.1, 0.15) is 24.2 Å². The van der Waals surface area contributed by atoms with Crippen LogP contribution in [-0.2, 0) is 4.79 Å². The number of fused-ring (bicyclic) bond motifs is 1. The van der Waals surface area contributed by atoms with Crippen molar-refractivity contribution in [3.8, 4) is 27.7 Å². The molecule has 3 heterocycles. The Bertz CT molecular complexity index is 1480. The molecule has 40 heavy (non-hydrogen) atoms. The Morgan fingerprint density at radius 1 is 1.07 bits per heavy atom. The van der Waals surface area contributed by atoms with Crippen molar-refractivity contribution in [3.05, 3.63) is 53.4 Å². The van der Waals surface area contributed by atoms with E-state index < -0.39 is 12.1 Å². The van der Waals surface area contributed by atoms with E-state index in [0.29, 0.717) is 22.9 Å². The van der Waals surface area contributed by atoms with Gasteiger partial charge in [-0.3, -0.25) is 9.69 Å². The van der Waals surface area contributed by atoms with Crippen LogP contribution in [0.5, 0.6) is 5.75 Å². The van der Waals surface area contributed by atoms with Crippen molar-refractivity contribution in [3.63, 3.8) is 0 Å². The van der Waals surface area contributed by atoms with Crippen LogP contribution in [0.4, 0.5) is 13.2 Å². The summed E-state index contributed by atoms with van der Waals surface area (Å²) >= 11 is 1.55. The maximum Gasteiger partial charge on any atom is 0.490 e. The first kappa shape index (κ1) is 29.0. The van der Waals surface area contributed by atoms with Crippen molar-refractivity contribution < 1.29 is 37.1 Å². The number of nitrogens with zero attached hydrogens (tertiary/aromatic N) is 4. The maximum absolute atomic E-state index is 13.2. The highest BCUT2D eigenvalue weighted by Gasteiger charge is 2.38. The Kier molecular flexibility index (Phi) is 8.74. The van der Waals surface area contributed by atoms with E-state index in [1.165, 1.54) is 0 Å². The summed E-state index contributed by atoms with van der Waals surface area (Å²) in [6.07, 6.45) is -5.08. The quantitative estimate of drug-likeness (QED) is 0.335. The number of carboxylic acid groups (broad SMARTS) is 1. The van der Waals surface area contributed by atoms with Gasteiger partial charge in [-0.05, 0) is 56.3 Å². The molecule has 2 aromatic heterocycles. The van der Waals surface area contributed by atoms with Crippen molar-refractivity contribution >= 4 is 34.2 Å². The third kappa shape index (κ3) is 6.59. The number of carboxylic acids is 1. The van der Waals surface area contributed by atoms with Crippen LogP contribution in [0.15, 0.2) is 52.4 Å². The first-order valence-electron chi connectivity index (χ1n) is 12.3. The van der Waals surface area contributed by atoms with Crippen LogP contribution in [0.25, 0.3) is 32.9 Å². The molecule has 0 spiro atoms. The molecule has 9 nitrogen and oxygen atoms in total. The maximum atomic E-state index is 13.2. The highest BCUT2D eigenvalue weighted by atomic mass is 32.1. The molecule has 1 aliphatic heterocycles. The van der Waals surface area contributed by atoms with E-state index in [9.17, 15) is 18.0 Å². The number of amides is 1. The van der Waals surface area contributed by atoms with Gasteiger partial charge in [0.05, 0.1) is 12.5 Å². The van der Waals surface area contributed by atoms with E-state index >= 15 is 0 Å². The summed E-state index contributed by atoms with van der Waals surface area (Å²) < 4.78 is 42.5. The summed E-state index contributed by atoms with van der Waals surface area (Å²) in [5, 5.41) is 15.0. The largest absolute Gasteiger partial charge is 0.497 e. The fourth-order valence-electron chi connectivity index (χ4n) is 4.13. The van der Waals surface area contributed by atoms with Gasteiger partial charge in [-0.2, -0.15) is 13.2 Å². The molecule has 1 fully saturated rings. The number of hydrogen-bond donors (Lipinski definition) is 1. The van der Waals surface area contributed by atoms with Gasteiger partial charge in [0.15, 0.2) is 5.58 Å². The molecule has 1 amide bonds. The summed E-state index contributed by atoms with van der Waals surface area (Å²) in [7, 11) is 1.65. The second-order valence-corrected chi connectivity index (χ2v) is 10.1. The van der Waals surface area contributed by atoms with Crippen LogP contribution in [0.2, 0.25) is 0 Å². The molecule has 0 saturated carbocycles. The predicted molar refractivity (Wildman–Crippen MR) is 143 cm³/mol. The van der Waals surface area contributed by atoms with Crippen LogP contribution in [-0.4, -0.2) is 82.4 Å². The van der Waals surface area contributed by atoms with Gasteiger partial charge in [0.2, 0.25) is 0 Å². The third-order valence-electron chi connectivity index (χ3n) is 6.37. The number of thiazole rings is 1. The van der Waals surface area contributed by atoms with Crippen LogP contribution in [0, 0.1) is 0 Å². The molecule has 0 bridgehead atoms. The molecule has 2 aromatic carbocycles. The molecule has 13 heteroatoms. The smallest absolute Gasteiger partial charge is 0.490 e. The molecule has 1 N–H and O–H groups in total. The molecule has 212 valence electrons.